The maximum Gasteiger partial charge on any atom is 0.293 e. The Bertz CT molecular complexity index is 823. The lowest BCUT2D eigenvalue weighted by Gasteiger charge is -2.09. The van der Waals surface area contributed by atoms with Crippen LogP contribution in [0.3, 0.4) is 0 Å². The summed E-state index contributed by atoms with van der Waals surface area (Å²) in [6.45, 7) is 1.87. The first kappa shape index (κ1) is 15.0. The maximum absolute atomic E-state index is 12.2. The molecule has 1 amide bonds. The fourth-order valence-corrected chi connectivity index (χ4v) is 2.62. The van der Waals surface area contributed by atoms with Gasteiger partial charge in [-0.2, -0.15) is 0 Å². The minimum Gasteiger partial charge on any atom is -0.349 e. The highest BCUT2D eigenvalue weighted by molar-refractivity contribution is 7.80. The molecule has 2 aromatic rings. The Morgan fingerprint density at radius 1 is 1.43 bits per heavy atom. The van der Waals surface area contributed by atoms with Crippen LogP contribution in [0.1, 0.15) is 28.9 Å². The number of aromatic nitrogens is 1. The first-order valence-electron chi connectivity index (χ1n) is 6.83. The van der Waals surface area contributed by atoms with E-state index in [0.717, 1.165) is 5.56 Å². The van der Waals surface area contributed by atoms with E-state index in [-0.39, 0.29) is 23.0 Å². The normalized spacial score (nSPS) is 15.7. The summed E-state index contributed by atoms with van der Waals surface area (Å²) < 4.78 is 0. The Hall–Kier alpha value is -2.87. The molecule has 0 aliphatic carbocycles. The molecule has 1 unspecified atom stereocenters. The van der Waals surface area contributed by atoms with Gasteiger partial charge in [0.25, 0.3) is 11.6 Å². The van der Waals surface area contributed by atoms with Crippen LogP contribution in [0.4, 0.5) is 17.1 Å². The standard InChI is InChI=1S/C15H12N4O3S/c1-8-9-6-13(19(21)22)12(7-11(9)18-15(8)23)17-14(20)10-4-2-3-5-16-10/h2-8H,1H3,(H,17,20)(H,18,23). The van der Waals surface area contributed by atoms with Crippen molar-refractivity contribution < 1.29 is 9.72 Å². The van der Waals surface area contributed by atoms with Crippen LogP contribution in [0.5, 0.6) is 0 Å². The van der Waals surface area contributed by atoms with E-state index in [1.54, 1.807) is 12.1 Å². The lowest BCUT2D eigenvalue weighted by molar-refractivity contribution is -0.384. The van der Waals surface area contributed by atoms with Crippen LogP contribution in [0.25, 0.3) is 0 Å². The third-order valence-corrected chi connectivity index (χ3v) is 4.08. The van der Waals surface area contributed by atoms with Gasteiger partial charge in [0, 0.05) is 23.9 Å². The molecule has 0 spiro atoms. The molecule has 0 fully saturated rings. The summed E-state index contributed by atoms with van der Waals surface area (Å²) in [6.07, 6.45) is 1.48. The highest BCUT2D eigenvalue weighted by Crippen LogP contribution is 2.40. The van der Waals surface area contributed by atoms with Crippen LogP contribution in [-0.2, 0) is 0 Å². The number of carbonyl (C=O) groups is 1. The molecule has 2 heterocycles. The van der Waals surface area contributed by atoms with E-state index < -0.39 is 10.8 Å². The van der Waals surface area contributed by atoms with Crippen LogP contribution in [0.2, 0.25) is 0 Å². The van der Waals surface area contributed by atoms with Gasteiger partial charge in [0.1, 0.15) is 11.4 Å². The third-order valence-electron chi connectivity index (χ3n) is 3.63. The molecule has 116 valence electrons. The average molecular weight is 328 g/mol. The molecular formula is C15H12N4O3S. The number of nitro benzene ring substituents is 1. The number of thiocarbonyl (C=S) groups is 1. The summed E-state index contributed by atoms with van der Waals surface area (Å²) in [6, 6.07) is 7.86. The predicted octanol–water partition coefficient (Wildman–Crippen LogP) is 3.10. The van der Waals surface area contributed by atoms with Crippen LogP contribution >= 0.6 is 12.2 Å². The van der Waals surface area contributed by atoms with E-state index in [0.29, 0.717) is 10.7 Å². The fraction of sp³-hybridized carbons (Fsp3) is 0.133. The van der Waals surface area contributed by atoms with E-state index in [1.165, 1.54) is 24.4 Å². The summed E-state index contributed by atoms with van der Waals surface area (Å²) in [4.78, 5) is 27.5. The van der Waals surface area contributed by atoms with E-state index in [1.807, 2.05) is 6.92 Å². The predicted molar refractivity (Wildman–Crippen MR) is 89.9 cm³/mol. The number of nitrogens with zero attached hydrogens (tertiary/aromatic N) is 2. The van der Waals surface area contributed by atoms with E-state index in [2.05, 4.69) is 15.6 Å². The van der Waals surface area contributed by atoms with Crippen LogP contribution in [-0.4, -0.2) is 20.8 Å². The number of benzene rings is 1. The second-order valence-corrected chi connectivity index (χ2v) is 5.53. The van der Waals surface area contributed by atoms with Crippen molar-refractivity contribution in [2.24, 2.45) is 0 Å². The Balaban J connectivity index is 1.99. The molecule has 1 aliphatic rings. The van der Waals surface area contributed by atoms with Gasteiger partial charge in [-0.15, -0.1) is 0 Å². The molecule has 1 aliphatic heterocycles. The molecule has 1 atom stereocenters. The van der Waals surface area contributed by atoms with Crippen molar-refractivity contribution in [1.29, 1.82) is 0 Å². The van der Waals surface area contributed by atoms with Gasteiger partial charge in [-0.05, 0) is 23.8 Å². The highest BCUT2D eigenvalue weighted by Gasteiger charge is 2.29. The number of hydrogen-bond acceptors (Lipinski definition) is 5. The summed E-state index contributed by atoms with van der Waals surface area (Å²) in [5, 5.41) is 16.9. The third kappa shape index (κ3) is 2.76. The topological polar surface area (TPSA) is 97.2 Å². The van der Waals surface area contributed by atoms with Gasteiger partial charge in [-0.1, -0.05) is 25.2 Å². The molecule has 0 bridgehead atoms. The van der Waals surface area contributed by atoms with Gasteiger partial charge in [0.05, 0.1) is 9.91 Å². The van der Waals surface area contributed by atoms with Crippen LogP contribution < -0.4 is 10.6 Å². The van der Waals surface area contributed by atoms with Gasteiger partial charge in [0.15, 0.2) is 0 Å². The molecule has 0 saturated heterocycles. The number of nitro groups is 1. The van der Waals surface area contributed by atoms with Gasteiger partial charge >= 0.3 is 0 Å². The lowest BCUT2D eigenvalue weighted by atomic mass is 10.0. The molecule has 3 rings (SSSR count). The number of rotatable bonds is 3. The van der Waals surface area contributed by atoms with Crippen LogP contribution in [0, 0.1) is 10.1 Å². The second-order valence-electron chi connectivity index (χ2n) is 5.09. The maximum atomic E-state index is 12.2. The monoisotopic (exact) mass is 328 g/mol. The molecule has 0 saturated carbocycles. The molecule has 8 heteroatoms. The Labute approximate surface area is 136 Å². The van der Waals surface area contributed by atoms with Crippen molar-refractivity contribution in [3.8, 4) is 0 Å². The largest absolute Gasteiger partial charge is 0.349 e. The lowest BCUT2D eigenvalue weighted by Crippen LogP contribution is -2.14. The molecular weight excluding hydrogens is 316 g/mol. The number of pyridine rings is 1. The zero-order valence-corrected chi connectivity index (χ0v) is 12.9. The number of anilines is 2. The smallest absolute Gasteiger partial charge is 0.293 e. The van der Waals surface area contributed by atoms with Gasteiger partial charge in [-0.3, -0.25) is 19.9 Å². The Morgan fingerprint density at radius 2 is 2.22 bits per heavy atom. The molecule has 2 N–H and O–H groups in total. The SMILES string of the molecule is CC1C(=S)Nc2cc(NC(=O)c3ccccn3)c([N+](=O)[O-])cc21. The van der Waals surface area contributed by atoms with Gasteiger partial charge in [-0.25, -0.2) is 0 Å². The first-order valence-corrected chi connectivity index (χ1v) is 7.24. The first-order chi connectivity index (χ1) is 11.0. The summed E-state index contributed by atoms with van der Waals surface area (Å²) in [5.74, 6) is -0.610. The zero-order chi connectivity index (χ0) is 16.6. The summed E-state index contributed by atoms with van der Waals surface area (Å²) in [7, 11) is 0. The van der Waals surface area contributed by atoms with E-state index >= 15 is 0 Å². The van der Waals surface area contributed by atoms with E-state index in [4.69, 9.17) is 12.2 Å². The molecule has 7 nitrogen and oxygen atoms in total. The quantitative estimate of drug-likeness (QED) is 0.510. The van der Waals surface area contributed by atoms with Gasteiger partial charge in [0.2, 0.25) is 0 Å². The summed E-state index contributed by atoms with van der Waals surface area (Å²) >= 11 is 5.19. The molecule has 1 aromatic carbocycles. The van der Waals surface area contributed by atoms with Crippen molar-refractivity contribution in [3.05, 3.63) is 57.9 Å². The Morgan fingerprint density at radius 3 is 2.87 bits per heavy atom. The zero-order valence-electron chi connectivity index (χ0n) is 12.1. The molecule has 23 heavy (non-hydrogen) atoms. The van der Waals surface area contributed by atoms with Crippen molar-refractivity contribution in [2.75, 3.05) is 10.6 Å². The minimum absolute atomic E-state index is 0.0979. The fourth-order valence-electron chi connectivity index (χ4n) is 2.39. The number of nitrogens with one attached hydrogen (secondary N) is 2. The average Bonchev–Trinajstić information content (AvgIpc) is 2.81. The van der Waals surface area contributed by atoms with E-state index in [9.17, 15) is 14.9 Å². The Kier molecular flexibility index (Phi) is 3.75. The number of hydrogen-bond donors (Lipinski definition) is 2. The molecule has 0 radical (unpaired) electrons. The van der Waals surface area contributed by atoms with Crippen molar-refractivity contribution in [1.82, 2.24) is 4.98 Å². The summed E-state index contributed by atoms with van der Waals surface area (Å²) in [5.41, 5.74) is 1.53. The van der Waals surface area contributed by atoms with Gasteiger partial charge < -0.3 is 10.6 Å². The molecule has 1 aromatic heterocycles. The number of fused-ring (bicyclic) bond motifs is 1. The van der Waals surface area contributed by atoms with Crippen molar-refractivity contribution in [3.63, 3.8) is 0 Å². The number of carbonyl (C=O) groups excluding carboxylic acids is 1. The van der Waals surface area contributed by atoms with Crippen molar-refractivity contribution >= 4 is 40.2 Å². The second kappa shape index (κ2) is 5.73. The van der Waals surface area contributed by atoms with Crippen LogP contribution in [0.15, 0.2) is 36.5 Å². The highest BCUT2D eigenvalue weighted by atomic mass is 32.1. The minimum atomic E-state index is -0.525. The number of amides is 1. The van der Waals surface area contributed by atoms with Crippen molar-refractivity contribution in [2.45, 2.75) is 12.8 Å².